The lowest BCUT2D eigenvalue weighted by Crippen LogP contribution is -2.44. The number of hydrogen-bond donors (Lipinski definition) is 2. The third-order valence-electron chi connectivity index (χ3n) is 4.58. The van der Waals surface area contributed by atoms with E-state index < -0.39 is 0 Å². The van der Waals surface area contributed by atoms with Gasteiger partial charge in [-0.15, -0.1) is 0 Å². The molecule has 0 spiro atoms. The molecular formula is C24H39N3O4. The highest BCUT2D eigenvalue weighted by Crippen LogP contribution is 2.26. The summed E-state index contributed by atoms with van der Waals surface area (Å²) in [6.45, 7) is 12.9. The molecular weight excluding hydrogens is 394 g/mol. The number of carbonyl (C=O) groups excluding carboxylic acids is 3. The summed E-state index contributed by atoms with van der Waals surface area (Å²) in [5.74, 6) is 0.469. The Morgan fingerprint density at radius 2 is 1.65 bits per heavy atom. The Kier molecular flexibility index (Phi) is 10.5. The molecule has 0 saturated carbocycles. The Bertz CT molecular complexity index is 723. The molecule has 0 aliphatic rings. The first kappa shape index (κ1) is 26.5. The van der Waals surface area contributed by atoms with Crippen molar-refractivity contribution in [3.63, 3.8) is 0 Å². The molecule has 174 valence electrons. The van der Waals surface area contributed by atoms with Crippen molar-refractivity contribution >= 4 is 23.4 Å². The van der Waals surface area contributed by atoms with Crippen LogP contribution in [-0.4, -0.2) is 49.4 Å². The van der Waals surface area contributed by atoms with Crippen molar-refractivity contribution in [1.82, 2.24) is 10.2 Å². The smallest absolute Gasteiger partial charge is 0.243 e. The molecule has 0 aromatic heterocycles. The van der Waals surface area contributed by atoms with E-state index in [2.05, 4.69) is 38.3 Å². The van der Waals surface area contributed by atoms with Gasteiger partial charge in [0, 0.05) is 18.7 Å². The van der Waals surface area contributed by atoms with Crippen LogP contribution in [0.1, 0.15) is 54.4 Å². The zero-order valence-electron chi connectivity index (χ0n) is 20.1. The molecule has 1 rings (SSSR count). The Hall–Kier alpha value is -2.57. The number of anilines is 1. The van der Waals surface area contributed by atoms with Crippen LogP contribution in [0.15, 0.2) is 24.3 Å². The van der Waals surface area contributed by atoms with Gasteiger partial charge in [0.2, 0.25) is 17.7 Å². The SMILES string of the molecule is COc1ccc(NC(=O)CNC(=O)CN(CC(C)C)C(=O)C[C@H](C)CC(C)(C)C)cc1. The van der Waals surface area contributed by atoms with Gasteiger partial charge in [-0.3, -0.25) is 14.4 Å². The Morgan fingerprint density at radius 1 is 1.03 bits per heavy atom. The number of carbonyl (C=O) groups is 3. The minimum absolute atomic E-state index is 0.0247. The van der Waals surface area contributed by atoms with E-state index in [1.165, 1.54) is 0 Å². The summed E-state index contributed by atoms with van der Waals surface area (Å²) in [4.78, 5) is 38.9. The second kappa shape index (κ2) is 12.3. The van der Waals surface area contributed by atoms with Crippen molar-refractivity contribution in [3.8, 4) is 5.75 Å². The quantitative estimate of drug-likeness (QED) is 0.557. The Morgan fingerprint density at radius 3 is 2.16 bits per heavy atom. The fourth-order valence-electron chi connectivity index (χ4n) is 3.53. The molecule has 3 amide bonds. The molecule has 7 heteroatoms. The van der Waals surface area contributed by atoms with E-state index in [0.717, 1.165) is 6.42 Å². The minimum atomic E-state index is -0.345. The molecule has 0 radical (unpaired) electrons. The van der Waals surface area contributed by atoms with Gasteiger partial charge in [-0.25, -0.2) is 0 Å². The highest BCUT2D eigenvalue weighted by atomic mass is 16.5. The number of benzene rings is 1. The highest BCUT2D eigenvalue weighted by Gasteiger charge is 2.23. The van der Waals surface area contributed by atoms with Crippen LogP contribution in [0.3, 0.4) is 0 Å². The van der Waals surface area contributed by atoms with E-state index in [-0.39, 0.29) is 48.1 Å². The van der Waals surface area contributed by atoms with Crippen LogP contribution in [0.5, 0.6) is 5.75 Å². The zero-order valence-corrected chi connectivity index (χ0v) is 20.1. The van der Waals surface area contributed by atoms with Crippen LogP contribution in [0, 0.1) is 17.3 Å². The fourth-order valence-corrected chi connectivity index (χ4v) is 3.53. The number of nitrogens with zero attached hydrogens (tertiary/aromatic N) is 1. The Labute approximate surface area is 186 Å². The fraction of sp³-hybridized carbons (Fsp3) is 0.625. The molecule has 0 heterocycles. The minimum Gasteiger partial charge on any atom is -0.497 e. The van der Waals surface area contributed by atoms with Crippen molar-refractivity contribution in [3.05, 3.63) is 24.3 Å². The third kappa shape index (κ3) is 11.4. The van der Waals surface area contributed by atoms with Gasteiger partial charge in [0.25, 0.3) is 0 Å². The van der Waals surface area contributed by atoms with Gasteiger partial charge in [-0.05, 0) is 47.9 Å². The maximum absolute atomic E-state index is 12.8. The summed E-state index contributed by atoms with van der Waals surface area (Å²) in [7, 11) is 1.57. The van der Waals surface area contributed by atoms with Crippen LogP contribution < -0.4 is 15.4 Å². The second-order valence-electron chi connectivity index (χ2n) is 9.80. The zero-order chi connectivity index (χ0) is 23.6. The van der Waals surface area contributed by atoms with E-state index >= 15 is 0 Å². The molecule has 1 aromatic rings. The number of methoxy groups -OCH3 is 1. The lowest BCUT2D eigenvalue weighted by Gasteiger charge is -2.27. The summed E-state index contributed by atoms with van der Waals surface area (Å²) in [6, 6.07) is 6.93. The van der Waals surface area contributed by atoms with Crippen LogP contribution in [0.2, 0.25) is 0 Å². The first-order chi connectivity index (χ1) is 14.4. The van der Waals surface area contributed by atoms with Gasteiger partial charge in [-0.2, -0.15) is 0 Å². The topological polar surface area (TPSA) is 87.7 Å². The molecule has 0 bridgehead atoms. The van der Waals surface area contributed by atoms with Crippen LogP contribution >= 0.6 is 0 Å². The molecule has 0 saturated heterocycles. The third-order valence-corrected chi connectivity index (χ3v) is 4.58. The monoisotopic (exact) mass is 433 g/mol. The standard InChI is InChI=1S/C24H39N3O4/c1-17(2)15-27(23(30)12-18(3)13-24(4,5)6)16-22(29)25-14-21(28)26-19-8-10-20(31-7)11-9-19/h8-11,17-18H,12-16H2,1-7H3,(H,25,29)(H,26,28)/t18-/m0/s1. The second-order valence-corrected chi connectivity index (χ2v) is 9.80. The molecule has 0 unspecified atom stereocenters. The van der Waals surface area contributed by atoms with Gasteiger partial charge < -0.3 is 20.3 Å². The van der Waals surface area contributed by atoms with Crippen molar-refractivity contribution in [2.45, 2.75) is 54.4 Å². The average molecular weight is 434 g/mol. The van der Waals surface area contributed by atoms with E-state index in [0.29, 0.717) is 24.4 Å². The summed E-state index contributed by atoms with van der Waals surface area (Å²) >= 11 is 0. The number of nitrogens with one attached hydrogen (secondary N) is 2. The summed E-state index contributed by atoms with van der Waals surface area (Å²) in [5, 5.41) is 5.32. The van der Waals surface area contributed by atoms with Gasteiger partial charge >= 0.3 is 0 Å². The normalized spacial score (nSPS) is 12.3. The Balaban J connectivity index is 2.56. The number of hydrogen-bond acceptors (Lipinski definition) is 4. The van der Waals surface area contributed by atoms with Crippen molar-refractivity contribution in [1.29, 1.82) is 0 Å². The lowest BCUT2D eigenvalue weighted by atomic mass is 9.84. The van der Waals surface area contributed by atoms with Crippen molar-refractivity contribution in [2.24, 2.45) is 17.3 Å². The van der Waals surface area contributed by atoms with E-state index in [1.807, 2.05) is 13.8 Å². The van der Waals surface area contributed by atoms with E-state index in [9.17, 15) is 14.4 Å². The van der Waals surface area contributed by atoms with Crippen LogP contribution in [0.25, 0.3) is 0 Å². The molecule has 0 aliphatic carbocycles. The van der Waals surface area contributed by atoms with Crippen molar-refractivity contribution < 1.29 is 19.1 Å². The van der Waals surface area contributed by atoms with E-state index in [4.69, 9.17) is 4.74 Å². The maximum Gasteiger partial charge on any atom is 0.243 e. The summed E-state index contributed by atoms with van der Waals surface area (Å²) in [6.07, 6.45) is 1.35. The van der Waals surface area contributed by atoms with Gasteiger partial charge in [0.15, 0.2) is 0 Å². The van der Waals surface area contributed by atoms with Crippen LogP contribution in [0.4, 0.5) is 5.69 Å². The molecule has 7 nitrogen and oxygen atoms in total. The number of ether oxygens (including phenoxy) is 1. The summed E-state index contributed by atoms with van der Waals surface area (Å²) < 4.78 is 5.08. The predicted octanol–water partition coefficient (Wildman–Crippen LogP) is 3.70. The van der Waals surface area contributed by atoms with Crippen LogP contribution in [-0.2, 0) is 14.4 Å². The molecule has 1 aromatic carbocycles. The highest BCUT2D eigenvalue weighted by molar-refractivity contribution is 5.95. The molecule has 31 heavy (non-hydrogen) atoms. The molecule has 0 aliphatic heterocycles. The molecule has 1 atom stereocenters. The van der Waals surface area contributed by atoms with E-state index in [1.54, 1.807) is 36.3 Å². The lowest BCUT2D eigenvalue weighted by molar-refractivity contribution is -0.137. The average Bonchev–Trinajstić information content (AvgIpc) is 2.64. The number of amides is 3. The van der Waals surface area contributed by atoms with Crippen molar-refractivity contribution in [2.75, 3.05) is 32.1 Å². The van der Waals surface area contributed by atoms with Gasteiger partial charge in [0.1, 0.15) is 5.75 Å². The summed E-state index contributed by atoms with van der Waals surface area (Å²) in [5.41, 5.74) is 0.765. The largest absolute Gasteiger partial charge is 0.497 e. The predicted molar refractivity (Wildman–Crippen MR) is 124 cm³/mol. The first-order valence-corrected chi connectivity index (χ1v) is 10.9. The molecule has 0 fully saturated rings. The van der Waals surface area contributed by atoms with Gasteiger partial charge in [-0.1, -0.05) is 41.5 Å². The maximum atomic E-state index is 12.8. The van der Waals surface area contributed by atoms with Gasteiger partial charge in [0.05, 0.1) is 20.2 Å². The first-order valence-electron chi connectivity index (χ1n) is 10.9. The molecule has 2 N–H and O–H groups in total. The number of rotatable bonds is 11.